The first-order valence-corrected chi connectivity index (χ1v) is 5.98. The first kappa shape index (κ1) is 10.6. The van der Waals surface area contributed by atoms with Crippen LogP contribution < -0.4 is 11.1 Å². The molecular formula is C10H15N3OS. The Balaban J connectivity index is 2.21. The lowest BCUT2D eigenvalue weighted by atomic mass is 9.99. The smallest absolute Gasteiger partial charge is 0.260 e. The van der Waals surface area contributed by atoms with Gasteiger partial charge in [0.1, 0.15) is 4.88 Å². The van der Waals surface area contributed by atoms with E-state index in [4.69, 9.17) is 5.73 Å². The zero-order chi connectivity index (χ0) is 10.8. The van der Waals surface area contributed by atoms with Gasteiger partial charge in [-0.25, -0.2) is 4.98 Å². The van der Waals surface area contributed by atoms with Crippen molar-refractivity contribution < 1.29 is 4.79 Å². The molecule has 0 unspecified atom stereocenters. The van der Waals surface area contributed by atoms with Crippen molar-refractivity contribution >= 4 is 17.2 Å². The topological polar surface area (TPSA) is 68.0 Å². The number of primary amides is 1. The Hall–Kier alpha value is -0.940. The van der Waals surface area contributed by atoms with Crippen LogP contribution >= 0.6 is 11.3 Å². The van der Waals surface area contributed by atoms with E-state index in [2.05, 4.69) is 10.3 Å². The molecule has 4 nitrogen and oxygen atoms in total. The number of nitrogens with zero attached hydrogens (tertiary/aromatic N) is 1. The molecule has 0 spiro atoms. The molecule has 0 aliphatic carbocycles. The minimum Gasteiger partial charge on any atom is -0.365 e. The van der Waals surface area contributed by atoms with Gasteiger partial charge in [-0.3, -0.25) is 4.79 Å². The van der Waals surface area contributed by atoms with Gasteiger partial charge in [-0.15, -0.1) is 11.3 Å². The van der Waals surface area contributed by atoms with Crippen molar-refractivity contribution in [1.29, 1.82) is 0 Å². The molecule has 3 N–H and O–H groups in total. The van der Waals surface area contributed by atoms with Crippen molar-refractivity contribution in [2.75, 3.05) is 13.1 Å². The van der Waals surface area contributed by atoms with E-state index in [9.17, 15) is 4.79 Å². The zero-order valence-corrected chi connectivity index (χ0v) is 9.56. The number of carbonyl (C=O) groups excluding carboxylic acids is 1. The van der Waals surface area contributed by atoms with Crippen molar-refractivity contribution in [2.45, 2.75) is 25.7 Å². The molecule has 15 heavy (non-hydrogen) atoms. The highest BCUT2D eigenvalue weighted by Gasteiger charge is 2.21. The summed E-state index contributed by atoms with van der Waals surface area (Å²) in [7, 11) is 0. The van der Waals surface area contributed by atoms with E-state index in [1.807, 2.05) is 6.92 Å². The summed E-state index contributed by atoms with van der Waals surface area (Å²) in [5.41, 5.74) is 6.06. The van der Waals surface area contributed by atoms with Crippen LogP contribution in [0.15, 0.2) is 0 Å². The van der Waals surface area contributed by atoms with Gasteiger partial charge < -0.3 is 11.1 Å². The second kappa shape index (κ2) is 4.28. The number of carbonyl (C=O) groups is 1. The van der Waals surface area contributed by atoms with Crippen LogP contribution in [0.1, 0.15) is 39.1 Å². The molecule has 1 saturated heterocycles. The van der Waals surface area contributed by atoms with Crippen LogP contribution in [0.4, 0.5) is 0 Å². The summed E-state index contributed by atoms with van der Waals surface area (Å²) in [6.07, 6.45) is 2.20. The third-order valence-electron chi connectivity index (χ3n) is 2.73. The molecule has 1 aromatic rings. The quantitative estimate of drug-likeness (QED) is 0.789. The summed E-state index contributed by atoms with van der Waals surface area (Å²) in [6.45, 7) is 3.92. The summed E-state index contributed by atoms with van der Waals surface area (Å²) in [5.74, 6) is 0.147. The molecule has 0 atom stereocenters. The number of thiazole rings is 1. The van der Waals surface area contributed by atoms with Crippen LogP contribution in [0, 0.1) is 6.92 Å². The van der Waals surface area contributed by atoms with Crippen LogP contribution in [0.3, 0.4) is 0 Å². The predicted octanol–water partition coefficient (Wildman–Crippen LogP) is 1.02. The van der Waals surface area contributed by atoms with Gasteiger partial charge in [0.2, 0.25) is 0 Å². The highest BCUT2D eigenvalue weighted by atomic mass is 32.1. The van der Waals surface area contributed by atoms with Crippen LogP contribution in [0.25, 0.3) is 0 Å². The van der Waals surface area contributed by atoms with E-state index >= 15 is 0 Å². The molecule has 1 aliphatic heterocycles. The number of amides is 1. The highest BCUT2D eigenvalue weighted by Crippen LogP contribution is 2.30. The van der Waals surface area contributed by atoms with Gasteiger partial charge in [-0.05, 0) is 32.9 Å². The SMILES string of the molecule is Cc1nc(C2CCNCC2)sc1C(N)=O. The Morgan fingerprint density at radius 2 is 2.20 bits per heavy atom. The highest BCUT2D eigenvalue weighted by molar-refractivity contribution is 7.13. The average molecular weight is 225 g/mol. The van der Waals surface area contributed by atoms with E-state index in [0.29, 0.717) is 10.8 Å². The fourth-order valence-electron chi connectivity index (χ4n) is 1.89. The molecule has 1 fully saturated rings. The van der Waals surface area contributed by atoms with Crippen molar-refractivity contribution in [1.82, 2.24) is 10.3 Å². The number of nitrogens with one attached hydrogen (secondary N) is 1. The number of aryl methyl sites for hydroxylation is 1. The zero-order valence-electron chi connectivity index (χ0n) is 8.75. The van der Waals surface area contributed by atoms with Gasteiger partial charge in [0.05, 0.1) is 10.7 Å². The Bertz CT molecular complexity index is 369. The summed E-state index contributed by atoms with van der Waals surface area (Å²) in [5, 5.41) is 4.39. The summed E-state index contributed by atoms with van der Waals surface area (Å²) < 4.78 is 0. The van der Waals surface area contributed by atoms with Crippen LogP contribution in [-0.2, 0) is 0 Å². The Morgan fingerprint density at radius 3 is 2.73 bits per heavy atom. The fraction of sp³-hybridized carbons (Fsp3) is 0.600. The molecule has 0 radical (unpaired) electrons. The first-order valence-electron chi connectivity index (χ1n) is 5.16. The number of aromatic nitrogens is 1. The molecule has 0 saturated carbocycles. The first-order chi connectivity index (χ1) is 7.18. The molecular weight excluding hydrogens is 210 g/mol. The molecule has 2 heterocycles. The van der Waals surface area contributed by atoms with Crippen molar-refractivity contribution in [3.63, 3.8) is 0 Å². The second-order valence-corrected chi connectivity index (χ2v) is 4.89. The van der Waals surface area contributed by atoms with Crippen LogP contribution in [-0.4, -0.2) is 24.0 Å². The summed E-state index contributed by atoms with van der Waals surface area (Å²) in [6, 6.07) is 0. The number of rotatable bonds is 2. The van der Waals surface area contributed by atoms with Gasteiger partial charge in [-0.1, -0.05) is 0 Å². The predicted molar refractivity (Wildman–Crippen MR) is 60.2 cm³/mol. The minimum atomic E-state index is -0.356. The van der Waals surface area contributed by atoms with E-state index in [1.165, 1.54) is 11.3 Å². The van der Waals surface area contributed by atoms with Gasteiger partial charge in [0.25, 0.3) is 5.91 Å². The molecule has 82 valence electrons. The van der Waals surface area contributed by atoms with E-state index < -0.39 is 0 Å². The molecule has 5 heteroatoms. The lowest BCUT2D eigenvalue weighted by Gasteiger charge is -2.20. The van der Waals surface area contributed by atoms with Gasteiger partial charge >= 0.3 is 0 Å². The van der Waals surface area contributed by atoms with E-state index in [1.54, 1.807) is 0 Å². The normalized spacial score (nSPS) is 17.9. The molecule has 1 aliphatic rings. The maximum atomic E-state index is 11.1. The van der Waals surface area contributed by atoms with E-state index in [-0.39, 0.29) is 5.91 Å². The maximum absolute atomic E-state index is 11.1. The third-order valence-corrected chi connectivity index (χ3v) is 4.06. The third kappa shape index (κ3) is 2.18. The lowest BCUT2D eigenvalue weighted by Crippen LogP contribution is -2.26. The summed E-state index contributed by atoms with van der Waals surface area (Å²) in [4.78, 5) is 16.2. The van der Waals surface area contributed by atoms with Crippen molar-refractivity contribution in [3.8, 4) is 0 Å². The minimum absolute atomic E-state index is 0.356. The Labute approximate surface area is 92.9 Å². The maximum Gasteiger partial charge on any atom is 0.260 e. The second-order valence-electron chi connectivity index (χ2n) is 3.86. The van der Waals surface area contributed by atoms with E-state index in [0.717, 1.165) is 36.6 Å². The standard InChI is InChI=1S/C10H15N3OS/c1-6-8(9(11)14)15-10(13-6)7-2-4-12-5-3-7/h7,12H,2-5H2,1H3,(H2,11,14). The fourth-order valence-corrected chi connectivity index (χ4v) is 2.98. The number of nitrogens with two attached hydrogens (primary N) is 1. The van der Waals surface area contributed by atoms with Crippen molar-refractivity contribution in [3.05, 3.63) is 15.6 Å². The average Bonchev–Trinajstić information content (AvgIpc) is 2.62. The Kier molecular flexibility index (Phi) is 3.02. The molecule has 1 aromatic heterocycles. The molecule has 2 rings (SSSR count). The van der Waals surface area contributed by atoms with Gasteiger partial charge in [0, 0.05) is 5.92 Å². The number of hydrogen-bond acceptors (Lipinski definition) is 4. The lowest BCUT2D eigenvalue weighted by molar-refractivity contribution is 0.100. The summed E-state index contributed by atoms with van der Waals surface area (Å²) >= 11 is 1.46. The van der Waals surface area contributed by atoms with Gasteiger partial charge in [-0.2, -0.15) is 0 Å². The molecule has 0 bridgehead atoms. The van der Waals surface area contributed by atoms with Gasteiger partial charge in [0.15, 0.2) is 0 Å². The largest absolute Gasteiger partial charge is 0.365 e. The number of hydrogen-bond donors (Lipinski definition) is 2. The molecule has 0 aromatic carbocycles. The monoisotopic (exact) mass is 225 g/mol. The van der Waals surface area contributed by atoms with Crippen LogP contribution in [0.2, 0.25) is 0 Å². The Morgan fingerprint density at radius 1 is 1.53 bits per heavy atom. The van der Waals surface area contributed by atoms with Crippen LogP contribution in [0.5, 0.6) is 0 Å². The molecule has 1 amide bonds. The number of piperidine rings is 1. The van der Waals surface area contributed by atoms with Crippen molar-refractivity contribution in [2.24, 2.45) is 5.73 Å².